The minimum atomic E-state index is 0.417. The molecule has 106 valence electrons. The molecule has 0 N–H and O–H groups in total. The van der Waals surface area contributed by atoms with Crippen molar-refractivity contribution in [2.24, 2.45) is 0 Å². The average molecular weight is 490 g/mol. The van der Waals surface area contributed by atoms with Crippen LogP contribution in [0.2, 0.25) is 0 Å². The summed E-state index contributed by atoms with van der Waals surface area (Å²) < 4.78 is 17.9. The summed E-state index contributed by atoms with van der Waals surface area (Å²) in [6.07, 6.45) is 0.824. The van der Waals surface area contributed by atoms with Gasteiger partial charge in [0.1, 0.15) is 12.4 Å². The van der Waals surface area contributed by atoms with Gasteiger partial charge in [0, 0.05) is 10.7 Å². The molecule has 0 saturated heterocycles. The number of carbonyl (C=O) groups excluding carboxylic acids is 1. The Hall–Kier alpha value is 0.0700. The molecular formula is C13H16I2O4. The first-order chi connectivity index (χ1) is 9.11. The number of methoxy groups -OCH3 is 1. The number of halogens is 2. The molecule has 0 aliphatic carbocycles. The summed E-state index contributed by atoms with van der Waals surface area (Å²) in [7, 11) is 1.63. The third-order valence-corrected chi connectivity index (χ3v) is 4.88. The van der Waals surface area contributed by atoms with Gasteiger partial charge in [-0.1, -0.05) is 0 Å². The van der Waals surface area contributed by atoms with E-state index in [1.807, 2.05) is 13.0 Å². The van der Waals surface area contributed by atoms with Gasteiger partial charge in [0.15, 0.2) is 6.29 Å². The molecule has 0 aromatic heterocycles. The Morgan fingerprint density at radius 1 is 1.21 bits per heavy atom. The standard InChI is InChI=1S/C13H16I2O4/c1-9-11(14)7-10(8-16)13(12(9)15)19-6-5-18-4-3-17-2/h7-8H,3-6H2,1-2H3. The molecule has 0 aliphatic rings. The van der Waals surface area contributed by atoms with Crippen molar-refractivity contribution in [2.75, 3.05) is 33.5 Å². The molecule has 0 atom stereocenters. The summed E-state index contributed by atoms with van der Waals surface area (Å²) in [5, 5.41) is 0. The lowest BCUT2D eigenvalue weighted by molar-refractivity contribution is 0.0541. The van der Waals surface area contributed by atoms with Crippen LogP contribution in [0.3, 0.4) is 0 Å². The van der Waals surface area contributed by atoms with Gasteiger partial charge in [-0.3, -0.25) is 4.79 Å². The molecule has 0 radical (unpaired) electrons. The molecular weight excluding hydrogens is 474 g/mol. The van der Waals surface area contributed by atoms with Crippen LogP contribution < -0.4 is 4.74 Å². The summed E-state index contributed by atoms with van der Waals surface area (Å²) in [6, 6.07) is 1.84. The lowest BCUT2D eigenvalue weighted by Gasteiger charge is -2.13. The molecule has 4 nitrogen and oxygen atoms in total. The van der Waals surface area contributed by atoms with E-state index in [2.05, 4.69) is 45.2 Å². The lowest BCUT2D eigenvalue weighted by atomic mass is 10.1. The van der Waals surface area contributed by atoms with Crippen LogP contribution in [0.1, 0.15) is 15.9 Å². The average Bonchev–Trinajstić information content (AvgIpc) is 2.41. The first-order valence-electron chi connectivity index (χ1n) is 5.75. The van der Waals surface area contributed by atoms with Crippen molar-refractivity contribution in [3.8, 4) is 5.75 Å². The molecule has 0 amide bonds. The van der Waals surface area contributed by atoms with E-state index >= 15 is 0 Å². The van der Waals surface area contributed by atoms with Crippen molar-refractivity contribution in [1.29, 1.82) is 0 Å². The number of benzene rings is 1. The summed E-state index contributed by atoms with van der Waals surface area (Å²) in [4.78, 5) is 11.1. The van der Waals surface area contributed by atoms with Gasteiger partial charge in [-0.2, -0.15) is 0 Å². The van der Waals surface area contributed by atoms with Crippen LogP contribution in [-0.2, 0) is 9.47 Å². The molecule has 1 aromatic rings. The van der Waals surface area contributed by atoms with Crippen molar-refractivity contribution in [3.05, 3.63) is 24.3 Å². The van der Waals surface area contributed by atoms with Gasteiger partial charge in [0.2, 0.25) is 0 Å². The van der Waals surface area contributed by atoms with E-state index in [9.17, 15) is 4.79 Å². The molecule has 0 saturated carbocycles. The molecule has 0 spiro atoms. The zero-order valence-electron chi connectivity index (χ0n) is 10.9. The third-order valence-electron chi connectivity index (χ3n) is 2.46. The number of rotatable bonds is 8. The highest BCUT2D eigenvalue weighted by Gasteiger charge is 2.13. The molecule has 0 heterocycles. The van der Waals surface area contributed by atoms with Crippen molar-refractivity contribution in [2.45, 2.75) is 6.92 Å². The Morgan fingerprint density at radius 3 is 2.53 bits per heavy atom. The molecule has 6 heteroatoms. The quantitative estimate of drug-likeness (QED) is 0.320. The largest absolute Gasteiger partial charge is 0.489 e. The minimum absolute atomic E-state index is 0.417. The fraction of sp³-hybridized carbons (Fsp3) is 0.462. The fourth-order valence-electron chi connectivity index (χ4n) is 1.39. The molecule has 1 aromatic carbocycles. The maximum Gasteiger partial charge on any atom is 0.153 e. The van der Waals surface area contributed by atoms with Gasteiger partial charge in [0.05, 0.1) is 29.0 Å². The Morgan fingerprint density at radius 2 is 1.89 bits per heavy atom. The smallest absolute Gasteiger partial charge is 0.153 e. The maximum atomic E-state index is 11.1. The van der Waals surface area contributed by atoms with Crippen LogP contribution >= 0.6 is 45.2 Å². The molecule has 0 bridgehead atoms. The van der Waals surface area contributed by atoms with Crippen LogP contribution in [0.15, 0.2) is 6.07 Å². The molecule has 0 aliphatic heterocycles. The van der Waals surface area contributed by atoms with Gasteiger partial charge >= 0.3 is 0 Å². The minimum Gasteiger partial charge on any atom is -0.489 e. The Balaban J connectivity index is 2.62. The second-order valence-corrected chi connectivity index (χ2v) is 6.03. The Bertz CT molecular complexity index is 435. The van der Waals surface area contributed by atoms with E-state index in [4.69, 9.17) is 14.2 Å². The highest BCUT2D eigenvalue weighted by atomic mass is 127. The predicted octanol–water partition coefficient (Wildman–Crippen LogP) is 3.06. The second-order valence-electron chi connectivity index (χ2n) is 3.79. The zero-order valence-corrected chi connectivity index (χ0v) is 15.2. The molecule has 0 unspecified atom stereocenters. The van der Waals surface area contributed by atoms with E-state index < -0.39 is 0 Å². The highest BCUT2D eigenvalue weighted by Crippen LogP contribution is 2.31. The summed E-state index contributed by atoms with van der Waals surface area (Å²) >= 11 is 4.42. The van der Waals surface area contributed by atoms with Gasteiger partial charge in [-0.25, -0.2) is 0 Å². The van der Waals surface area contributed by atoms with Gasteiger partial charge in [0.25, 0.3) is 0 Å². The summed E-state index contributed by atoms with van der Waals surface area (Å²) in [6.45, 7) is 4.02. The Kier molecular flexibility index (Phi) is 8.19. The number of ether oxygens (including phenoxy) is 3. The topological polar surface area (TPSA) is 44.8 Å². The first-order valence-corrected chi connectivity index (χ1v) is 7.90. The van der Waals surface area contributed by atoms with Gasteiger partial charge in [-0.05, 0) is 63.7 Å². The molecule has 0 fully saturated rings. The van der Waals surface area contributed by atoms with Crippen LogP contribution in [0.5, 0.6) is 5.75 Å². The fourth-order valence-corrected chi connectivity index (χ4v) is 3.27. The van der Waals surface area contributed by atoms with E-state index in [0.717, 1.165) is 19.0 Å². The van der Waals surface area contributed by atoms with E-state index in [1.165, 1.54) is 0 Å². The molecule has 19 heavy (non-hydrogen) atoms. The normalized spacial score (nSPS) is 10.5. The lowest BCUT2D eigenvalue weighted by Crippen LogP contribution is -2.12. The van der Waals surface area contributed by atoms with Crippen LogP contribution in [0.4, 0.5) is 0 Å². The number of hydrogen-bond acceptors (Lipinski definition) is 4. The van der Waals surface area contributed by atoms with E-state index in [-0.39, 0.29) is 0 Å². The van der Waals surface area contributed by atoms with Gasteiger partial charge in [-0.15, -0.1) is 0 Å². The highest BCUT2D eigenvalue weighted by molar-refractivity contribution is 14.1. The molecule has 1 rings (SSSR count). The monoisotopic (exact) mass is 490 g/mol. The number of hydrogen-bond donors (Lipinski definition) is 0. The first kappa shape index (κ1) is 17.1. The number of carbonyl (C=O) groups is 1. The second kappa shape index (κ2) is 9.09. The van der Waals surface area contributed by atoms with Crippen LogP contribution in [0, 0.1) is 14.1 Å². The van der Waals surface area contributed by atoms with Crippen molar-refractivity contribution in [3.63, 3.8) is 0 Å². The van der Waals surface area contributed by atoms with E-state index in [0.29, 0.717) is 37.7 Å². The van der Waals surface area contributed by atoms with Crippen LogP contribution in [-0.4, -0.2) is 39.8 Å². The third kappa shape index (κ3) is 5.16. The summed E-state index contributed by atoms with van der Waals surface area (Å²) in [5.41, 5.74) is 1.71. The maximum absolute atomic E-state index is 11.1. The SMILES string of the molecule is COCCOCCOc1c(C=O)cc(I)c(C)c1I. The van der Waals surface area contributed by atoms with E-state index in [1.54, 1.807) is 7.11 Å². The van der Waals surface area contributed by atoms with Gasteiger partial charge < -0.3 is 14.2 Å². The van der Waals surface area contributed by atoms with Crippen LogP contribution in [0.25, 0.3) is 0 Å². The van der Waals surface area contributed by atoms with Crippen molar-refractivity contribution >= 4 is 51.5 Å². The van der Waals surface area contributed by atoms with Crippen molar-refractivity contribution in [1.82, 2.24) is 0 Å². The zero-order chi connectivity index (χ0) is 14.3. The predicted molar refractivity (Wildman–Crippen MR) is 90.2 cm³/mol. The number of aldehydes is 1. The Labute approximate surface area is 140 Å². The van der Waals surface area contributed by atoms with Crippen molar-refractivity contribution < 1.29 is 19.0 Å². The summed E-state index contributed by atoms with van der Waals surface area (Å²) in [5.74, 6) is 0.642.